The first kappa shape index (κ1) is 26.5. The Morgan fingerprint density at radius 1 is 0.846 bits per heavy atom. The summed E-state index contributed by atoms with van der Waals surface area (Å²) in [5, 5.41) is 14.4. The van der Waals surface area contributed by atoms with E-state index in [0.29, 0.717) is 17.7 Å². The average molecular weight is 523 g/mol. The minimum atomic E-state index is -0.941. The van der Waals surface area contributed by atoms with Crippen LogP contribution in [0.3, 0.4) is 0 Å². The number of aliphatic hydroxyl groups excluding tert-OH is 1. The zero-order valence-corrected chi connectivity index (χ0v) is 22.5. The predicted molar refractivity (Wildman–Crippen MR) is 151 cm³/mol. The van der Waals surface area contributed by atoms with Crippen LogP contribution in [-0.2, 0) is 6.54 Å². The maximum Gasteiger partial charge on any atom is 0.261 e. The van der Waals surface area contributed by atoms with Crippen LogP contribution in [0.15, 0.2) is 91.1 Å². The van der Waals surface area contributed by atoms with Gasteiger partial charge in [0, 0.05) is 24.8 Å². The van der Waals surface area contributed by atoms with Gasteiger partial charge in [0.2, 0.25) is 0 Å². The smallest absolute Gasteiger partial charge is 0.261 e. The van der Waals surface area contributed by atoms with Gasteiger partial charge in [0.25, 0.3) is 11.8 Å². The highest BCUT2D eigenvalue weighted by Gasteiger charge is 2.37. The van der Waals surface area contributed by atoms with Crippen LogP contribution in [0.2, 0.25) is 0 Å². The zero-order chi connectivity index (χ0) is 27.6. The Morgan fingerprint density at radius 3 is 2.00 bits per heavy atom. The Bertz CT molecular complexity index is 1420. The van der Waals surface area contributed by atoms with E-state index in [4.69, 9.17) is 4.98 Å². The summed E-state index contributed by atoms with van der Waals surface area (Å²) in [5.41, 5.74) is 3.59. The molecule has 0 saturated carbocycles. The summed E-state index contributed by atoms with van der Waals surface area (Å²) in [5.74, 6) is 0.124. The van der Waals surface area contributed by atoms with Gasteiger partial charge in [-0.1, -0.05) is 93.6 Å². The first-order valence-corrected chi connectivity index (χ1v) is 13.3. The average Bonchev–Trinajstić information content (AvgIpc) is 3.44. The Hall–Kier alpha value is -4.07. The molecular formula is C32H34N4O3. The number of hydrogen-bond acceptors (Lipinski definition) is 5. The number of imide groups is 1. The minimum absolute atomic E-state index is 0.0794. The molecule has 3 aromatic carbocycles. The maximum absolute atomic E-state index is 12.8. The summed E-state index contributed by atoms with van der Waals surface area (Å²) in [7, 11) is 0. The van der Waals surface area contributed by atoms with E-state index in [1.54, 1.807) is 24.3 Å². The molecule has 2 heterocycles. The van der Waals surface area contributed by atoms with Crippen LogP contribution in [-0.4, -0.2) is 50.6 Å². The molecule has 1 aliphatic heterocycles. The first-order valence-electron chi connectivity index (χ1n) is 13.3. The number of aromatic nitrogens is 2. The molecule has 39 heavy (non-hydrogen) atoms. The molecule has 1 aromatic heterocycles. The summed E-state index contributed by atoms with van der Waals surface area (Å²) < 4.78 is 2.16. The fourth-order valence-electron chi connectivity index (χ4n) is 5.03. The van der Waals surface area contributed by atoms with Crippen LogP contribution in [0, 0.1) is 5.41 Å². The van der Waals surface area contributed by atoms with Gasteiger partial charge in [-0.3, -0.25) is 14.5 Å². The van der Waals surface area contributed by atoms with Crippen LogP contribution in [0.4, 0.5) is 0 Å². The van der Waals surface area contributed by atoms with Crippen molar-refractivity contribution in [2.24, 2.45) is 5.41 Å². The predicted octanol–water partition coefficient (Wildman–Crippen LogP) is 4.93. The Morgan fingerprint density at radius 2 is 1.41 bits per heavy atom. The van der Waals surface area contributed by atoms with E-state index < -0.39 is 6.10 Å². The van der Waals surface area contributed by atoms with E-state index in [9.17, 15) is 14.7 Å². The third-order valence-corrected chi connectivity index (χ3v) is 7.03. The number of β-amino-alcohol motifs (C(OH)–C–C–N with tert-alkyl or cyclic N) is 1. The molecule has 7 heteroatoms. The molecule has 2 amide bonds. The summed E-state index contributed by atoms with van der Waals surface area (Å²) >= 11 is 0. The van der Waals surface area contributed by atoms with Crippen molar-refractivity contribution >= 4 is 11.8 Å². The first-order chi connectivity index (χ1) is 18.7. The molecule has 0 saturated heterocycles. The highest BCUT2D eigenvalue weighted by molar-refractivity contribution is 6.21. The van der Waals surface area contributed by atoms with E-state index in [1.807, 2.05) is 48.5 Å². The number of fused-ring (bicyclic) bond motifs is 1. The third-order valence-electron chi connectivity index (χ3n) is 7.03. The maximum atomic E-state index is 12.8. The SMILES string of the molecule is CC(C)(C)[C@@H](NCC(O)CN1C(=O)c2ccccc2C1=O)c1nc(-c2ccccc2)cn1Cc1ccccc1. The number of imidazole rings is 1. The summed E-state index contributed by atoms with van der Waals surface area (Å²) in [6, 6.07) is 26.9. The van der Waals surface area contributed by atoms with Crippen molar-refractivity contribution in [3.05, 3.63) is 114 Å². The number of rotatable bonds is 9. The van der Waals surface area contributed by atoms with Gasteiger partial charge in [-0.05, 0) is 23.1 Å². The van der Waals surface area contributed by atoms with Gasteiger partial charge < -0.3 is 15.0 Å². The van der Waals surface area contributed by atoms with E-state index in [-0.39, 0.29) is 36.4 Å². The second-order valence-electron chi connectivity index (χ2n) is 11.1. The fraction of sp³-hybridized carbons (Fsp3) is 0.281. The molecule has 4 aromatic rings. The number of nitrogens with one attached hydrogen (secondary N) is 1. The van der Waals surface area contributed by atoms with Gasteiger partial charge in [-0.15, -0.1) is 0 Å². The van der Waals surface area contributed by atoms with Crippen LogP contribution in [0.1, 0.15) is 58.9 Å². The van der Waals surface area contributed by atoms with Crippen molar-refractivity contribution in [1.82, 2.24) is 19.8 Å². The molecule has 7 nitrogen and oxygen atoms in total. The number of aliphatic hydroxyl groups is 1. The third kappa shape index (κ3) is 5.70. The van der Waals surface area contributed by atoms with Crippen molar-refractivity contribution in [2.75, 3.05) is 13.1 Å². The quantitative estimate of drug-likeness (QED) is 0.304. The van der Waals surface area contributed by atoms with Crippen LogP contribution >= 0.6 is 0 Å². The van der Waals surface area contributed by atoms with Crippen molar-refractivity contribution in [2.45, 2.75) is 39.5 Å². The molecule has 1 unspecified atom stereocenters. The van der Waals surface area contributed by atoms with E-state index in [2.05, 4.69) is 49.0 Å². The summed E-state index contributed by atoms with van der Waals surface area (Å²) in [4.78, 5) is 31.8. The highest BCUT2D eigenvalue weighted by Crippen LogP contribution is 2.34. The molecule has 5 rings (SSSR count). The van der Waals surface area contributed by atoms with Crippen LogP contribution < -0.4 is 5.32 Å². The van der Waals surface area contributed by atoms with Crippen molar-refractivity contribution in [3.8, 4) is 11.3 Å². The van der Waals surface area contributed by atoms with Gasteiger partial charge in [-0.2, -0.15) is 0 Å². The Labute approximate surface area is 229 Å². The Balaban J connectivity index is 1.38. The molecule has 2 N–H and O–H groups in total. The number of amides is 2. The lowest BCUT2D eigenvalue weighted by molar-refractivity contribution is 0.0532. The topological polar surface area (TPSA) is 87.5 Å². The lowest BCUT2D eigenvalue weighted by atomic mass is 9.86. The Kier molecular flexibility index (Phi) is 7.46. The lowest BCUT2D eigenvalue weighted by Crippen LogP contribution is -2.44. The molecule has 2 atom stereocenters. The number of nitrogens with zero attached hydrogens (tertiary/aromatic N) is 3. The second-order valence-corrected chi connectivity index (χ2v) is 11.1. The van der Waals surface area contributed by atoms with Gasteiger partial charge in [0.15, 0.2) is 0 Å². The molecule has 200 valence electrons. The number of carbonyl (C=O) groups is 2. The fourth-order valence-corrected chi connectivity index (χ4v) is 5.03. The molecule has 0 spiro atoms. The van der Waals surface area contributed by atoms with Crippen LogP contribution in [0.25, 0.3) is 11.3 Å². The number of benzene rings is 3. The van der Waals surface area contributed by atoms with Crippen molar-refractivity contribution in [1.29, 1.82) is 0 Å². The molecule has 0 radical (unpaired) electrons. The largest absolute Gasteiger partial charge is 0.390 e. The van der Waals surface area contributed by atoms with Crippen molar-refractivity contribution < 1.29 is 14.7 Å². The minimum Gasteiger partial charge on any atom is -0.390 e. The van der Waals surface area contributed by atoms with Gasteiger partial charge >= 0.3 is 0 Å². The summed E-state index contributed by atoms with van der Waals surface area (Å²) in [6.07, 6.45) is 1.14. The monoisotopic (exact) mass is 522 g/mol. The van der Waals surface area contributed by atoms with Gasteiger partial charge in [-0.25, -0.2) is 4.98 Å². The highest BCUT2D eigenvalue weighted by atomic mass is 16.3. The number of hydrogen-bond donors (Lipinski definition) is 2. The standard InChI is InChI=1S/C32H34N4O3/c1-32(2,3)28(33-18-24(37)20-36-30(38)25-16-10-11-17-26(25)31(36)39)29-34-27(23-14-8-5-9-15-23)21-35(29)19-22-12-6-4-7-13-22/h4-17,21,24,28,33,37H,18-20H2,1-3H3/t24?,28-/m0/s1. The zero-order valence-electron chi connectivity index (χ0n) is 22.5. The summed E-state index contributed by atoms with van der Waals surface area (Å²) in [6.45, 7) is 7.15. The molecule has 0 aliphatic carbocycles. The van der Waals surface area contributed by atoms with E-state index in [1.165, 1.54) is 0 Å². The van der Waals surface area contributed by atoms with Crippen molar-refractivity contribution in [3.63, 3.8) is 0 Å². The molecular weight excluding hydrogens is 488 g/mol. The lowest BCUT2D eigenvalue weighted by Gasteiger charge is -2.32. The van der Waals surface area contributed by atoms with Gasteiger partial charge in [0.1, 0.15) is 5.82 Å². The molecule has 1 aliphatic rings. The van der Waals surface area contributed by atoms with E-state index in [0.717, 1.165) is 27.5 Å². The number of carbonyl (C=O) groups excluding carboxylic acids is 2. The van der Waals surface area contributed by atoms with E-state index >= 15 is 0 Å². The normalized spacial score (nSPS) is 14.9. The molecule has 0 fully saturated rings. The van der Waals surface area contributed by atoms with Crippen LogP contribution in [0.5, 0.6) is 0 Å². The second kappa shape index (κ2) is 11.0. The van der Waals surface area contributed by atoms with Gasteiger partial charge in [0.05, 0.1) is 35.5 Å². The molecule has 0 bridgehead atoms.